The van der Waals surface area contributed by atoms with Crippen molar-refractivity contribution in [3.05, 3.63) is 0 Å². The molecule has 0 rings (SSSR count). The topological polar surface area (TPSA) is 0 Å². The summed E-state index contributed by atoms with van der Waals surface area (Å²) in [6.45, 7) is 6.64. The normalized spacial score (nSPS) is 4.80. The van der Waals surface area contributed by atoms with Crippen LogP contribution in [-0.4, -0.2) is 0 Å². The Bertz CT molecular complexity index is 14.0. The highest BCUT2D eigenvalue weighted by Gasteiger charge is 1.80. The summed E-state index contributed by atoms with van der Waals surface area (Å²) < 4.78 is 0. The third-order valence-electron chi connectivity index (χ3n) is 0.816. The number of hydrogen-bond acceptors (Lipinski definition) is 0. The predicted octanol–water partition coefficient (Wildman–Crippen LogP) is 5.23. The molecular weight excluding hydrogens is 120 g/mol. The van der Waals surface area contributed by atoms with E-state index in [-0.39, 0.29) is 37.1 Å². The molecule has 0 heteroatoms. The maximum absolute atomic E-state index is 2.22. The minimum Gasteiger partial charge on any atom is -0.0776 e. The van der Waals surface area contributed by atoms with Crippen LogP contribution in [0.4, 0.5) is 0 Å². The molecule has 0 aromatic rings. The minimum atomic E-state index is 0. The fraction of sp³-hybridized carbons (Fsp3) is 1.00. The lowest BCUT2D eigenvalue weighted by Crippen LogP contribution is -1.77. The van der Waals surface area contributed by atoms with Crippen LogP contribution in [0.25, 0.3) is 0 Å². The zero-order valence-corrected chi connectivity index (χ0v) is 4.28. The Hall–Kier alpha value is 0. The first-order chi connectivity index (χ1) is 2.27. The summed E-state index contributed by atoms with van der Waals surface area (Å²) in [5.41, 5.74) is 0. The van der Waals surface area contributed by atoms with Gasteiger partial charge in [-0.05, 0) is 5.92 Å². The Labute approximate surface area is 71.1 Å². The molecule has 0 radical (unpaired) electrons. The Morgan fingerprint density at radius 1 is 0.800 bits per heavy atom. The van der Waals surface area contributed by atoms with Gasteiger partial charge in [0, 0.05) is 0 Å². The van der Waals surface area contributed by atoms with Crippen molar-refractivity contribution in [2.24, 2.45) is 5.92 Å². The monoisotopic (exact) mass is 152 g/mol. The van der Waals surface area contributed by atoms with Crippen LogP contribution in [0.3, 0.4) is 0 Å². The van der Waals surface area contributed by atoms with Gasteiger partial charge in [0.1, 0.15) is 0 Å². The molecule has 0 aromatic carbocycles. The molecule has 0 bridgehead atoms. The van der Waals surface area contributed by atoms with Gasteiger partial charge in [0.05, 0.1) is 0 Å². The van der Waals surface area contributed by atoms with Crippen molar-refractivity contribution in [3.8, 4) is 0 Å². The molecule has 0 N–H and O–H groups in total. The molecule has 0 spiro atoms. The number of rotatable bonds is 1. The standard InChI is InChI=1S/C5H12.5CH4/c1-4-5(2)3;;;;;/h5H,4H2,1-3H3;5*1H4. The van der Waals surface area contributed by atoms with E-state index in [2.05, 4.69) is 20.8 Å². The summed E-state index contributed by atoms with van der Waals surface area (Å²) in [6, 6.07) is 0. The fourth-order valence-corrected chi connectivity index (χ4v) is 0. The van der Waals surface area contributed by atoms with Crippen molar-refractivity contribution in [1.29, 1.82) is 0 Å². The molecule has 0 nitrogen and oxygen atoms in total. The van der Waals surface area contributed by atoms with E-state index in [0.29, 0.717) is 0 Å². The van der Waals surface area contributed by atoms with E-state index in [1.54, 1.807) is 0 Å². The Morgan fingerprint density at radius 2 is 0.900 bits per heavy atom. The van der Waals surface area contributed by atoms with Gasteiger partial charge in [-0.1, -0.05) is 64.3 Å². The maximum Gasteiger partial charge on any atom is -0.0474 e. The van der Waals surface area contributed by atoms with Crippen molar-refractivity contribution in [2.45, 2.75) is 64.3 Å². The lowest BCUT2D eigenvalue weighted by atomic mass is 10.2. The Morgan fingerprint density at radius 3 is 0.900 bits per heavy atom. The van der Waals surface area contributed by atoms with Gasteiger partial charge in [0.2, 0.25) is 0 Å². The molecule has 0 amide bonds. The predicted molar refractivity (Wildman–Crippen MR) is 58.8 cm³/mol. The molecule has 0 fully saturated rings. The summed E-state index contributed by atoms with van der Waals surface area (Å²) >= 11 is 0. The summed E-state index contributed by atoms with van der Waals surface area (Å²) in [7, 11) is 0. The highest BCUT2D eigenvalue weighted by atomic mass is 13.9. The molecule has 72 valence electrons. The molecule has 10 heavy (non-hydrogen) atoms. The average molecular weight is 152 g/mol. The van der Waals surface area contributed by atoms with Crippen LogP contribution in [0.15, 0.2) is 0 Å². The molecule has 0 atom stereocenters. The lowest BCUT2D eigenvalue weighted by molar-refractivity contribution is 0.626. The molecule has 0 unspecified atom stereocenters. The Kier molecular flexibility index (Phi) is 182. The van der Waals surface area contributed by atoms with E-state index in [1.165, 1.54) is 6.42 Å². The van der Waals surface area contributed by atoms with Gasteiger partial charge in [-0.15, -0.1) is 0 Å². The van der Waals surface area contributed by atoms with Crippen molar-refractivity contribution in [2.75, 3.05) is 0 Å². The molecule has 0 saturated heterocycles. The summed E-state index contributed by atoms with van der Waals surface area (Å²) in [6.07, 6.45) is 1.31. The molecule has 0 aliphatic heterocycles. The van der Waals surface area contributed by atoms with Crippen molar-refractivity contribution >= 4 is 0 Å². The van der Waals surface area contributed by atoms with Crippen LogP contribution in [0.5, 0.6) is 0 Å². The second-order valence-electron chi connectivity index (χ2n) is 1.80. The van der Waals surface area contributed by atoms with Gasteiger partial charge < -0.3 is 0 Å². The molecule has 0 aliphatic carbocycles. The molecule has 0 heterocycles. The van der Waals surface area contributed by atoms with Crippen molar-refractivity contribution in [1.82, 2.24) is 0 Å². The SMILES string of the molecule is C.C.C.C.C.CCC(C)C. The fourth-order valence-electron chi connectivity index (χ4n) is 0. The summed E-state index contributed by atoms with van der Waals surface area (Å²) in [5, 5.41) is 0. The molecule has 0 aliphatic rings. The molecular formula is C10H32. The van der Waals surface area contributed by atoms with Gasteiger partial charge >= 0.3 is 0 Å². The van der Waals surface area contributed by atoms with E-state index >= 15 is 0 Å². The Balaban J connectivity index is -0.00000000800. The molecule has 0 saturated carbocycles. The quantitative estimate of drug-likeness (QED) is 0.482. The molecule has 0 aromatic heterocycles. The van der Waals surface area contributed by atoms with Crippen LogP contribution in [-0.2, 0) is 0 Å². The maximum atomic E-state index is 2.22. The summed E-state index contributed by atoms with van der Waals surface area (Å²) in [5.74, 6) is 0.884. The largest absolute Gasteiger partial charge is 0.0776 e. The van der Waals surface area contributed by atoms with Gasteiger partial charge in [-0.2, -0.15) is 0 Å². The van der Waals surface area contributed by atoms with Crippen LogP contribution in [0, 0.1) is 5.92 Å². The van der Waals surface area contributed by atoms with Crippen molar-refractivity contribution in [3.63, 3.8) is 0 Å². The van der Waals surface area contributed by atoms with E-state index in [0.717, 1.165) is 5.92 Å². The van der Waals surface area contributed by atoms with Crippen LogP contribution in [0.2, 0.25) is 0 Å². The second kappa shape index (κ2) is 36.0. The van der Waals surface area contributed by atoms with E-state index < -0.39 is 0 Å². The van der Waals surface area contributed by atoms with E-state index in [9.17, 15) is 0 Å². The van der Waals surface area contributed by atoms with Gasteiger partial charge in [0.25, 0.3) is 0 Å². The van der Waals surface area contributed by atoms with Crippen LogP contribution in [0.1, 0.15) is 64.3 Å². The van der Waals surface area contributed by atoms with Crippen LogP contribution < -0.4 is 0 Å². The number of hydrogen-bond donors (Lipinski definition) is 0. The highest BCUT2D eigenvalue weighted by molar-refractivity contribution is 4.32. The minimum absolute atomic E-state index is 0. The second-order valence-corrected chi connectivity index (χ2v) is 1.80. The van der Waals surface area contributed by atoms with Crippen molar-refractivity contribution < 1.29 is 0 Å². The lowest BCUT2D eigenvalue weighted by Gasteiger charge is -1.90. The van der Waals surface area contributed by atoms with Gasteiger partial charge in [0.15, 0.2) is 0 Å². The third-order valence-corrected chi connectivity index (χ3v) is 0.816. The highest BCUT2D eigenvalue weighted by Crippen LogP contribution is 1.93. The van der Waals surface area contributed by atoms with E-state index in [4.69, 9.17) is 0 Å². The smallest absolute Gasteiger partial charge is 0.0474 e. The first kappa shape index (κ1) is 50.6. The third kappa shape index (κ3) is 98.0. The summed E-state index contributed by atoms with van der Waals surface area (Å²) in [4.78, 5) is 0. The van der Waals surface area contributed by atoms with Crippen LogP contribution >= 0.6 is 0 Å². The first-order valence-electron chi connectivity index (χ1n) is 2.27. The van der Waals surface area contributed by atoms with Gasteiger partial charge in [-0.3, -0.25) is 0 Å². The first-order valence-corrected chi connectivity index (χ1v) is 2.27. The van der Waals surface area contributed by atoms with Gasteiger partial charge in [-0.25, -0.2) is 0 Å². The zero-order chi connectivity index (χ0) is 4.28. The average Bonchev–Trinajstić information content (AvgIpc) is 1.38. The van der Waals surface area contributed by atoms with E-state index in [1.807, 2.05) is 0 Å². The zero-order valence-electron chi connectivity index (χ0n) is 4.28.